The van der Waals surface area contributed by atoms with E-state index in [2.05, 4.69) is 33.0 Å². The van der Waals surface area contributed by atoms with E-state index in [0.29, 0.717) is 5.92 Å². The van der Waals surface area contributed by atoms with E-state index in [1.165, 1.54) is 18.4 Å². The first-order valence-electron chi connectivity index (χ1n) is 9.25. The van der Waals surface area contributed by atoms with Crippen molar-refractivity contribution in [1.82, 2.24) is 14.9 Å². The summed E-state index contributed by atoms with van der Waals surface area (Å²) in [5.74, 6) is 3.68. The second-order valence-electron chi connectivity index (χ2n) is 6.97. The van der Waals surface area contributed by atoms with Gasteiger partial charge in [0.2, 0.25) is 0 Å². The lowest BCUT2D eigenvalue weighted by atomic mass is 10.1. The van der Waals surface area contributed by atoms with Gasteiger partial charge in [-0.3, -0.25) is 4.90 Å². The van der Waals surface area contributed by atoms with Crippen LogP contribution in [0, 0.1) is 0 Å². The molecule has 2 aromatic rings. The van der Waals surface area contributed by atoms with E-state index in [-0.39, 0.29) is 0 Å². The first kappa shape index (κ1) is 16.3. The van der Waals surface area contributed by atoms with Crippen LogP contribution in [-0.2, 0) is 6.42 Å². The average molecular weight is 338 g/mol. The molecule has 0 spiro atoms. The number of aromatic nitrogens is 2. The van der Waals surface area contributed by atoms with E-state index in [9.17, 15) is 0 Å². The third-order valence-corrected chi connectivity index (χ3v) is 5.17. The summed E-state index contributed by atoms with van der Waals surface area (Å²) in [6.45, 7) is 5.39. The average Bonchev–Trinajstić information content (AvgIpc) is 3.53. The van der Waals surface area contributed by atoms with Gasteiger partial charge in [-0.2, -0.15) is 0 Å². The van der Waals surface area contributed by atoms with Crippen LogP contribution in [0.4, 0.5) is 5.82 Å². The summed E-state index contributed by atoms with van der Waals surface area (Å²) < 4.78 is 5.22. The van der Waals surface area contributed by atoms with Crippen molar-refractivity contribution in [2.75, 3.05) is 44.7 Å². The van der Waals surface area contributed by atoms with Crippen LogP contribution in [-0.4, -0.2) is 54.7 Å². The molecular weight excluding hydrogens is 312 g/mol. The SMILES string of the molecule is COc1ccc(CCN2CCN(c3ccnc(C4CC4)n3)CC2)cc1. The van der Waals surface area contributed by atoms with Gasteiger partial charge >= 0.3 is 0 Å². The highest BCUT2D eigenvalue weighted by atomic mass is 16.5. The molecular formula is C20H26N4O. The molecule has 0 radical (unpaired) electrons. The minimum absolute atomic E-state index is 0.616. The molecule has 1 aliphatic heterocycles. The Hall–Kier alpha value is -2.14. The van der Waals surface area contributed by atoms with Crippen LogP contribution in [0.2, 0.25) is 0 Å². The van der Waals surface area contributed by atoms with Gasteiger partial charge in [-0.05, 0) is 43.0 Å². The van der Waals surface area contributed by atoms with Crippen LogP contribution in [0.25, 0.3) is 0 Å². The molecule has 132 valence electrons. The van der Waals surface area contributed by atoms with Crippen molar-refractivity contribution in [3.63, 3.8) is 0 Å². The van der Waals surface area contributed by atoms with Crippen molar-refractivity contribution < 1.29 is 4.74 Å². The van der Waals surface area contributed by atoms with E-state index in [1.54, 1.807) is 7.11 Å². The van der Waals surface area contributed by atoms with Crippen molar-refractivity contribution in [2.24, 2.45) is 0 Å². The first-order valence-corrected chi connectivity index (χ1v) is 9.25. The fraction of sp³-hybridized carbons (Fsp3) is 0.500. The van der Waals surface area contributed by atoms with Gasteiger partial charge < -0.3 is 9.64 Å². The minimum atomic E-state index is 0.616. The van der Waals surface area contributed by atoms with Gasteiger partial charge in [0, 0.05) is 44.8 Å². The molecule has 5 nitrogen and oxygen atoms in total. The maximum atomic E-state index is 5.22. The van der Waals surface area contributed by atoms with E-state index < -0.39 is 0 Å². The Bertz CT molecular complexity index is 691. The van der Waals surface area contributed by atoms with E-state index in [1.807, 2.05) is 18.3 Å². The molecule has 1 saturated heterocycles. The maximum Gasteiger partial charge on any atom is 0.133 e. The van der Waals surface area contributed by atoms with Crippen LogP contribution in [0.3, 0.4) is 0 Å². The van der Waals surface area contributed by atoms with Gasteiger partial charge in [0.1, 0.15) is 17.4 Å². The first-order chi connectivity index (χ1) is 12.3. The van der Waals surface area contributed by atoms with Crippen LogP contribution < -0.4 is 9.64 Å². The zero-order valence-corrected chi connectivity index (χ0v) is 14.9. The maximum absolute atomic E-state index is 5.22. The molecule has 1 aliphatic carbocycles. The number of piperazine rings is 1. The largest absolute Gasteiger partial charge is 0.497 e. The molecule has 1 aromatic carbocycles. The normalized spacial score (nSPS) is 18.4. The highest BCUT2D eigenvalue weighted by molar-refractivity contribution is 5.38. The van der Waals surface area contributed by atoms with Gasteiger partial charge in [0.05, 0.1) is 7.11 Å². The molecule has 0 amide bonds. The van der Waals surface area contributed by atoms with E-state index in [0.717, 1.165) is 56.5 Å². The Morgan fingerprint density at radius 1 is 1.04 bits per heavy atom. The zero-order chi connectivity index (χ0) is 17.1. The van der Waals surface area contributed by atoms with Crippen LogP contribution >= 0.6 is 0 Å². The highest BCUT2D eigenvalue weighted by Crippen LogP contribution is 2.38. The molecule has 25 heavy (non-hydrogen) atoms. The summed E-state index contributed by atoms with van der Waals surface area (Å²) in [7, 11) is 1.71. The quantitative estimate of drug-likeness (QED) is 0.810. The second-order valence-corrected chi connectivity index (χ2v) is 6.97. The Balaban J connectivity index is 1.27. The molecule has 0 unspecified atom stereocenters. The predicted molar refractivity (Wildman–Crippen MR) is 99.4 cm³/mol. The molecule has 2 aliphatic rings. The number of ether oxygens (including phenoxy) is 1. The summed E-state index contributed by atoms with van der Waals surface area (Å²) in [6, 6.07) is 10.5. The topological polar surface area (TPSA) is 41.5 Å². The number of hydrogen-bond acceptors (Lipinski definition) is 5. The number of nitrogens with zero attached hydrogens (tertiary/aromatic N) is 4. The van der Waals surface area contributed by atoms with Gasteiger partial charge in [-0.1, -0.05) is 12.1 Å². The zero-order valence-electron chi connectivity index (χ0n) is 14.9. The van der Waals surface area contributed by atoms with Gasteiger partial charge in [-0.25, -0.2) is 9.97 Å². The molecule has 2 heterocycles. The molecule has 1 aromatic heterocycles. The molecule has 2 fully saturated rings. The molecule has 0 bridgehead atoms. The lowest BCUT2D eigenvalue weighted by molar-refractivity contribution is 0.260. The Kier molecular flexibility index (Phi) is 4.83. The molecule has 5 heteroatoms. The number of benzene rings is 1. The second kappa shape index (κ2) is 7.40. The monoisotopic (exact) mass is 338 g/mol. The molecule has 1 saturated carbocycles. The van der Waals surface area contributed by atoms with E-state index >= 15 is 0 Å². The van der Waals surface area contributed by atoms with Gasteiger partial charge in [0.25, 0.3) is 0 Å². The fourth-order valence-corrected chi connectivity index (χ4v) is 3.36. The highest BCUT2D eigenvalue weighted by Gasteiger charge is 2.27. The van der Waals surface area contributed by atoms with Crippen LogP contribution in [0.5, 0.6) is 5.75 Å². The van der Waals surface area contributed by atoms with Crippen LogP contribution in [0.15, 0.2) is 36.5 Å². The van der Waals surface area contributed by atoms with Crippen LogP contribution in [0.1, 0.15) is 30.1 Å². The summed E-state index contributed by atoms with van der Waals surface area (Å²) in [5.41, 5.74) is 1.37. The summed E-state index contributed by atoms with van der Waals surface area (Å²) in [4.78, 5) is 14.2. The van der Waals surface area contributed by atoms with Crippen molar-refractivity contribution in [2.45, 2.75) is 25.2 Å². The molecule has 0 atom stereocenters. The minimum Gasteiger partial charge on any atom is -0.497 e. The summed E-state index contributed by atoms with van der Waals surface area (Å²) in [6.07, 6.45) is 5.51. The number of rotatable bonds is 6. The standard InChI is InChI=1S/C20H26N4O/c1-25-18-6-2-16(3-7-18)9-11-23-12-14-24(15-13-23)19-8-10-21-20(22-19)17-4-5-17/h2-3,6-8,10,17H,4-5,9,11-15H2,1H3. The summed E-state index contributed by atoms with van der Waals surface area (Å²) >= 11 is 0. The van der Waals surface area contributed by atoms with Crippen molar-refractivity contribution >= 4 is 5.82 Å². The predicted octanol–water partition coefficient (Wildman–Crippen LogP) is 2.73. The number of methoxy groups -OCH3 is 1. The van der Waals surface area contributed by atoms with E-state index in [4.69, 9.17) is 9.72 Å². The molecule has 4 rings (SSSR count). The molecule has 0 N–H and O–H groups in total. The van der Waals surface area contributed by atoms with Gasteiger partial charge in [0.15, 0.2) is 0 Å². The third kappa shape index (κ3) is 4.10. The Morgan fingerprint density at radius 3 is 2.48 bits per heavy atom. The lowest BCUT2D eigenvalue weighted by Gasteiger charge is -2.35. The number of hydrogen-bond donors (Lipinski definition) is 0. The van der Waals surface area contributed by atoms with Crippen molar-refractivity contribution in [3.8, 4) is 5.75 Å². The Labute approximate surface area is 149 Å². The third-order valence-electron chi connectivity index (χ3n) is 5.17. The lowest BCUT2D eigenvalue weighted by Crippen LogP contribution is -2.47. The fourth-order valence-electron chi connectivity index (χ4n) is 3.36. The number of anilines is 1. The summed E-state index contributed by atoms with van der Waals surface area (Å²) in [5, 5.41) is 0. The van der Waals surface area contributed by atoms with Crippen molar-refractivity contribution in [3.05, 3.63) is 47.9 Å². The smallest absolute Gasteiger partial charge is 0.133 e. The van der Waals surface area contributed by atoms with Gasteiger partial charge in [-0.15, -0.1) is 0 Å². The van der Waals surface area contributed by atoms with Crippen molar-refractivity contribution in [1.29, 1.82) is 0 Å². The Morgan fingerprint density at radius 2 is 1.80 bits per heavy atom.